The van der Waals surface area contributed by atoms with E-state index in [1.54, 1.807) is 5.55 Å². The summed E-state index contributed by atoms with van der Waals surface area (Å²) in [5, 5.41) is 0. The van der Waals surface area contributed by atoms with Gasteiger partial charge in [-0.3, -0.25) is 0 Å². The number of benzene rings is 1. The fourth-order valence-electron chi connectivity index (χ4n) is 0.960. The van der Waals surface area contributed by atoms with E-state index in [0.29, 0.717) is 0 Å². The second-order valence-electron chi connectivity index (χ2n) is 2.26. The molecule has 0 aliphatic carbocycles. The van der Waals surface area contributed by atoms with Crippen molar-refractivity contribution in [2.75, 3.05) is 5.73 Å². The zero-order valence-electron chi connectivity index (χ0n) is 5.65. The lowest BCUT2D eigenvalue weighted by Crippen LogP contribution is -1.87. The normalized spacial score (nSPS) is 20.2. The molecule has 0 saturated heterocycles. The molecule has 0 radical (unpaired) electrons. The summed E-state index contributed by atoms with van der Waals surface area (Å²) in [6, 6.07) is 5.65. The van der Waals surface area contributed by atoms with E-state index >= 15 is 0 Å². The zero-order valence-corrected chi connectivity index (χ0v) is 7.28. The van der Waals surface area contributed by atoms with Gasteiger partial charge in [0.15, 0.2) is 0 Å². The van der Waals surface area contributed by atoms with Crippen LogP contribution in [0, 0.1) is 0 Å². The number of hydrogen-bond acceptors (Lipinski definition) is 3. The van der Waals surface area contributed by atoms with Gasteiger partial charge in [0, 0.05) is 10.6 Å². The minimum Gasteiger partial charge on any atom is -0.399 e. The maximum atomic E-state index is 5.60. The van der Waals surface area contributed by atoms with E-state index in [1.165, 1.54) is 0 Å². The molecule has 0 fully saturated rings. The van der Waals surface area contributed by atoms with Crippen LogP contribution in [0.1, 0.15) is 0 Å². The topological polar surface area (TPSA) is 38.4 Å². The Morgan fingerprint density at radius 3 is 3.09 bits per heavy atom. The molecule has 11 heavy (non-hydrogen) atoms. The first kappa shape index (κ1) is 6.94. The van der Waals surface area contributed by atoms with Gasteiger partial charge in [-0.05, 0) is 38.8 Å². The predicted octanol–water partition coefficient (Wildman–Crippen LogP) is 1.38. The van der Waals surface area contributed by atoms with Crippen LogP contribution in [0.3, 0.4) is 0 Å². The molecule has 0 bridgehead atoms. The minimum atomic E-state index is -0.246. The number of fused-ring (bicyclic) bond motifs is 1. The highest BCUT2D eigenvalue weighted by atomic mass is 32.8. The van der Waals surface area contributed by atoms with Crippen LogP contribution in [-0.4, -0.2) is 5.55 Å². The van der Waals surface area contributed by atoms with Gasteiger partial charge in [-0.15, -0.1) is 0 Å². The third kappa shape index (κ3) is 1.08. The van der Waals surface area contributed by atoms with Crippen LogP contribution in [-0.2, 0) is 20.6 Å². The smallest absolute Gasteiger partial charge is 0.0780 e. The van der Waals surface area contributed by atoms with E-state index in [-0.39, 0.29) is 9.45 Å². The molecule has 0 aromatic heterocycles. The van der Waals surface area contributed by atoms with Gasteiger partial charge in [0.05, 0.1) is 11.2 Å². The molecule has 1 unspecified atom stereocenters. The van der Waals surface area contributed by atoms with Crippen LogP contribution in [0.4, 0.5) is 11.4 Å². The lowest BCUT2D eigenvalue weighted by atomic mass is 10.3. The van der Waals surface area contributed by atoms with Crippen LogP contribution in [0.15, 0.2) is 28.1 Å². The van der Waals surface area contributed by atoms with E-state index in [9.17, 15) is 0 Å². The highest BCUT2D eigenvalue weighted by Crippen LogP contribution is 2.28. The molecule has 2 N–H and O–H groups in total. The van der Waals surface area contributed by atoms with E-state index in [0.717, 1.165) is 16.3 Å². The SMILES string of the molecule is Nc1ccc2c(c1)S(=S)C=N2. The highest BCUT2D eigenvalue weighted by molar-refractivity contribution is 8.36. The lowest BCUT2D eigenvalue weighted by Gasteiger charge is -1.97. The molecule has 0 amide bonds. The Bertz CT molecular complexity index is 357. The first-order valence-electron chi connectivity index (χ1n) is 3.12. The lowest BCUT2D eigenvalue weighted by molar-refractivity contribution is 1.41. The maximum Gasteiger partial charge on any atom is 0.0780 e. The van der Waals surface area contributed by atoms with Gasteiger partial charge in [-0.1, -0.05) is 0 Å². The number of nitrogens with two attached hydrogens (primary N) is 1. The minimum absolute atomic E-state index is 0.246. The number of nitrogen functional groups attached to an aromatic ring is 1. The molecule has 56 valence electrons. The van der Waals surface area contributed by atoms with Gasteiger partial charge in [-0.2, -0.15) is 0 Å². The average Bonchev–Trinajstić information content (AvgIpc) is 2.33. The number of aliphatic imine (C=N–C) groups is 1. The molecule has 1 aliphatic rings. The molecule has 0 spiro atoms. The van der Waals surface area contributed by atoms with Gasteiger partial charge in [0.25, 0.3) is 0 Å². The first-order chi connectivity index (χ1) is 5.27. The molecule has 1 aliphatic heterocycles. The number of hydrogen-bond donors (Lipinski definition) is 1. The van der Waals surface area contributed by atoms with Crippen molar-refractivity contribution >= 4 is 37.6 Å². The van der Waals surface area contributed by atoms with Crippen LogP contribution >= 0.6 is 0 Å². The van der Waals surface area contributed by atoms with Crippen molar-refractivity contribution < 1.29 is 0 Å². The van der Waals surface area contributed by atoms with Gasteiger partial charge in [0.1, 0.15) is 0 Å². The van der Waals surface area contributed by atoms with Crippen molar-refractivity contribution in [3.8, 4) is 0 Å². The van der Waals surface area contributed by atoms with Crippen LogP contribution in [0.2, 0.25) is 0 Å². The van der Waals surface area contributed by atoms with Gasteiger partial charge >= 0.3 is 0 Å². The molecular formula is C7H6N2S2. The second-order valence-corrected chi connectivity index (χ2v) is 4.58. The Balaban J connectivity index is 2.67. The average molecular weight is 182 g/mol. The first-order valence-corrected chi connectivity index (χ1v) is 5.33. The molecule has 1 aromatic rings. The summed E-state index contributed by atoms with van der Waals surface area (Å²) in [4.78, 5) is 5.23. The van der Waals surface area contributed by atoms with E-state index in [4.69, 9.17) is 16.9 Å². The van der Waals surface area contributed by atoms with E-state index in [1.807, 2.05) is 18.2 Å². The molecule has 1 atom stereocenters. The fourth-order valence-corrected chi connectivity index (χ4v) is 2.39. The van der Waals surface area contributed by atoms with Crippen LogP contribution in [0.25, 0.3) is 0 Å². The standard InChI is InChI=1S/C7H6N2S2/c8-5-1-2-6-7(3-5)11(10)4-9-6/h1-4H,8H2. The molecule has 4 heteroatoms. The third-order valence-electron chi connectivity index (χ3n) is 1.49. The molecular weight excluding hydrogens is 176 g/mol. The number of anilines is 1. The van der Waals surface area contributed by atoms with Crippen molar-refractivity contribution in [2.45, 2.75) is 4.90 Å². The Morgan fingerprint density at radius 1 is 1.45 bits per heavy atom. The van der Waals surface area contributed by atoms with E-state index < -0.39 is 0 Å². The third-order valence-corrected chi connectivity index (χ3v) is 3.34. The summed E-state index contributed by atoms with van der Waals surface area (Å²) in [7, 11) is -0.246. The van der Waals surface area contributed by atoms with Crippen LogP contribution in [0.5, 0.6) is 0 Å². The van der Waals surface area contributed by atoms with Crippen molar-refractivity contribution in [1.29, 1.82) is 0 Å². The van der Waals surface area contributed by atoms with Crippen LogP contribution < -0.4 is 5.73 Å². The highest BCUT2D eigenvalue weighted by Gasteiger charge is 2.09. The number of nitrogens with zero attached hydrogens (tertiary/aromatic N) is 1. The molecule has 0 saturated carbocycles. The Hall–Kier alpha value is -0.740. The molecule has 1 aromatic carbocycles. The monoisotopic (exact) mass is 182 g/mol. The maximum absolute atomic E-state index is 5.60. The summed E-state index contributed by atoms with van der Waals surface area (Å²) < 4.78 is 0. The summed E-state index contributed by atoms with van der Waals surface area (Å²) in [5.41, 5.74) is 9.12. The van der Waals surface area contributed by atoms with Crippen molar-refractivity contribution in [2.24, 2.45) is 4.99 Å². The van der Waals surface area contributed by atoms with Crippen molar-refractivity contribution in [3.05, 3.63) is 18.2 Å². The van der Waals surface area contributed by atoms with Crippen molar-refractivity contribution in [1.82, 2.24) is 0 Å². The molecule has 2 nitrogen and oxygen atoms in total. The summed E-state index contributed by atoms with van der Waals surface area (Å²) >= 11 is 5.14. The van der Waals surface area contributed by atoms with E-state index in [2.05, 4.69) is 4.99 Å². The van der Waals surface area contributed by atoms with Crippen molar-refractivity contribution in [3.63, 3.8) is 0 Å². The Labute approximate surface area is 71.7 Å². The molecule has 2 rings (SSSR count). The largest absolute Gasteiger partial charge is 0.399 e. The quantitative estimate of drug-likeness (QED) is 0.616. The zero-order chi connectivity index (χ0) is 7.84. The van der Waals surface area contributed by atoms with Gasteiger partial charge in [0.2, 0.25) is 0 Å². The van der Waals surface area contributed by atoms with Gasteiger partial charge < -0.3 is 5.73 Å². The predicted molar refractivity (Wildman–Crippen MR) is 52.0 cm³/mol. The summed E-state index contributed by atoms with van der Waals surface area (Å²) in [6.07, 6.45) is 0. The fraction of sp³-hybridized carbons (Fsp3) is 0. The van der Waals surface area contributed by atoms with Gasteiger partial charge in [-0.25, -0.2) is 4.99 Å². The summed E-state index contributed by atoms with van der Waals surface area (Å²) in [5.74, 6) is 0. The molecule has 1 heterocycles. The number of rotatable bonds is 0. The summed E-state index contributed by atoms with van der Waals surface area (Å²) in [6.45, 7) is 0. The second kappa shape index (κ2) is 2.39. The Kier molecular flexibility index (Phi) is 1.51. The Morgan fingerprint density at radius 2 is 2.27 bits per heavy atom.